The minimum absolute atomic E-state index is 0.109. The van der Waals surface area contributed by atoms with E-state index in [-0.39, 0.29) is 5.02 Å². The highest BCUT2D eigenvalue weighted by atomic mass is 35.5. The molecule has 0 aromatic heterocycles. The molecule has 1 aliphatic rings. The van der Waals surface area contributed by atoms with Gasteiger partial charge in [0, 0.05) is 10.6 Å². The van der Waals surface area contributed by atoms with Gasteiger partial charge in [-0.2, -0.15) is 0 Å². The van der Waals surface area contributed by atoms with Crippen LogP contribution < -0.4 is 10.6 Å². The SMILES string of the molecule is O=C1NC(=O)C(c2ccc(F)cc2Cl)N1. The molecular weight excluding hydrogens is 223 g/mol. The van der Waals surface area contributed by atoms with E-state index in [4.69, 9.17) is 11.6 Å². The lowest BCUT2D eigenvalue weighted by Crippen LogP contribution is -2.22. The number of hydrogen-bond donors (Lipinski definition) is 2. The maximum Gasteiger partial charge on any atom is 0.322 e. The number of nitrogens with one attached hydrogen (secondary N) is 2. The van der Waals surface area contributed by atoms with Gasteiger partial charge >= 0.3 is 6.03 Å². The number of benzene rings is 1. The Labute approximate surface area is 89.4 Å². The molecule has 78 valence electrons. The van der Waals surface area contributed by atoms with Gasteiger partial charge in [0.25, 0.3) is 5.91 Å². The molecule has 0 bridgehead atoms. The highest BCUT2D eigenvalue weighted by molar-refractivity contribution is 6.31. The molecular formula is C9H6ClFN2O2. The number of imide groups is 1. The quantitative estimate of drug-likeness (QED) is 0.713. The molecule has 0 spiro atoms. The molecule has 15 heavy (non-hydrogen) atoms. The zero-order chi connectivity index (χ0) is 11.0. The minimum Gasteiger partial charge on any atom is -0.322 e. The molecule has 1 fully saturated rings. The van der Waals surface area contributed by atoms with Gasteiger partial charge in [0.2, 0.25) is 0 Å². The van der Waals surface area contributed by atoms with E-state index < -0.39 is 23.8 Å². The second kappa shape index (κ2) is 3.51. The third-order valence-corrected chi connectivity index (χ3v) is 2.38. The van der Waals surface area contributed by atoms with Crippen LogP contribution in [0.15, 0.2) is 18.2 Å². The van der Waals surface area contributed by atoms with E-state index in [1.807, 2.05) is 0 Å². The Balaban J connectivity index is 2.38. The normalized spacial score (nSPS) is 20.0. The first-order chi connectivity index (χ1) is 7.08. The second-order valence-corrected chi connectivity index (χ2v) is 3.47. The number of amides is 3. The van der Waals surface area contributed by atoms with Crippen LogP contribution in [-0.4, -0.2) is 11.9 Å². The first-order valence-corrected chi connectivity index (χ1v) is 4.52. The van der Waals surface area contributed by atoms with Crippen molar-refractivity contribution in [1.29, 1.82) is 0 Å². The van der Waals surface area contributed by atoms with Crippen LogP contribution in [-0.2, 0) is 4.79 Å². The molecule has 1 aromatic rings. The van der Waals surface area contributed by atoms with Crippen LogP contribution in [0.1, 0.15) is 11.6 Å². The number of carbonyl (C=O) groups excluding carboxylic acids is 2. The number of rotatable bonds is 1. The van der Waals surface area contributed by atoms with Crippen LogP contribution in [0.25, 0.3) is 0 Å². The van der Waals surface area contributed by atoms with Gasteiger partial charge in [-0.25, -0.2) is 9.18 Å². The standard InChI is InChI=1S/C9H6ClFN2O2/c10-6-3-4(11)1-2-5(6)7-8(14)13-9(15)12-7/h1-3,7H,(H2,12,13,14,15). The van der Waals surface area contributed by atoms with Crippen LogP contribution in [0.4, 0.5) is 9.18 Å². The number of hydrogen-bond acceptors (Lipinski definition) is 2. The highest BCUT2D eigenvalue weighted by Gasteiger charge is 2.32. The molecule has 1 saturated heterocycles. The molecule has 0 radical (unpaired) electrons. The summed E-state index contributed by atoms with van der Waals surface area (Å²) in [7, 11) is 0. The molecule has 1 aliphatic heterocycles. The van der Waals surface area contributed by atoms with Crippen molar-refractivity contribution in [3.8, 4) is 0 Å². The fourth-order valence-corrected chi connectivity index (χ4v) is 1.65. The monoisotopic (exact) mass is 228 g/mol. The molecule has 6 heteroatoms. The van der Waals surface area contributed by atoms with Crippen LogP contribution in [0, 0.1) is 5.82 Å². The molecule has 2 rings (SSSR count). The fourth-order valence-electron chi connectivity index (χ4n) is 1.37. The topological polar surface area (TPSA) is 58.2 Å². The van der Waals surface area contributed by atoms with Gasteiger partial charge < -0.3 is 5.32 Å². The molecule has 2 N–H and O–H groups in total. The third kappa shape index (κ3) is 1.78. The van der Waals surface area contributed by atoms with Crippen molar-refractivity contribution in [2.75, 3.05) is 0 Å². The zero-order valence-corrected chi connectivity index (χ0v) is 8.14. The molecule has 3 amide bonds. The van der Waals surface area contributed by atoms with Crippen molar-refractivity contribution in [2.24, 2.45) is 0 Å². The first-order valence-electron chi connectivity index (χ1n) is 4.14. The Morgan fingerprint density at radius 1 is 1.33 bits per heavy atom. The summed E-state index contributed by atoms with van der Waals surface area (Å²) in [6, 6.07) is 2.22. The minimum atomic E-state index is -0.842. The Kier molecular flexibility index (Phi) is 2.32. The Morgan fingerprint density at radius 3 is 2.60 bits per heavy atom. The van der Waals surface area contributed by atoms with E-state index in [9.17, 15) is 14.0 Å². The molecule has 1 unspecified atom stereocenters. The predicted molar refractivity (Wildman–Crippen MR) is 50.8 cm³/mol. The van der Waals surface area contributed by atoms with E-state index in [1.54, 1.807) is 0 Å². The van der Waals surface area contributed by atoms with E-state index in [0.717, 1.165) is 6.07 Å². The summed E-state index contributed by atoms with van der Waals surface area (Å²) in [6.45, 7) is 0. The lowest BCUT2D eigenvalue weighted by Gasteiger charge is -2.09. The Hall–Kier alpha value is -1.62. The van der Waals surface area contributed by atoms with Crippen molar-refractivity contribution in [1.82, 2.24) is 10.6 Å². The van der Waals surface area contributed by atoms with Gasteiger partial charge in [0.1, 0.15) is 11.9 Å². The van der Waals surface area contributed by atoms with E-state index in [1.165, 1.54) is 12.1 Å². The number of halogens is 2. The highest BCUT2D eigenvalue weighted by Crippen LogP contribution is 2.25. The van der Waals surface area contributed by atoms with E-state index >= 15 is 0 Å². The van der Waals surface area contributed by atoms with Crippen molar-refractivity contribution in [3.05, 3.63) is 34.6 Å². The van der Waals surface area contributed by atoms with Crippen LogP contribution in [0.5, 0.6) is 0 Å². The average molecular weight is 229 g/mol. The first kappa shape index (κ1) is 9.92. The van der Waals surface area contributed by atoms with Crippen molar-refractivity contribution >= 4 is 23.5 Å². The van der Waals surface area contributed by atoms with Crippen molar-refractivity contribution < 1.29 is 14.0 Å². The second-order valence-electron chi connectivity index (χ2n) is 3.06. The van der Waals surface area contributed by atoms with Gasteiger partial charge in [-0.05, 0) is 12.1 Å². The molecule has 1 aromatic carbocycles. The van der Waals surface area contributed by atoms with Gasteiger partial charge in [0.05, 0.1) is 0 Å². The molecule has 1 heterocycles. The number of carbonyl (C=O) groups is 2. The Morgan fingerprint density at radius 2 is 2.07 bits per heavy atom. The van der Waals surface area contributed by atoms with Gasteiger partial charge in [0.15, 0.2) is 0 Å². The summed E-state index contributed by atoms with van der Waals surface area (Å²) >= 11 is 5.75. The zero-order valence-electron chi connectivity index (χ0n) is 7.38. The maximum atomic E-state index is 12.7. The lowest BCUT2D eigenvalue weighted by molar-refractivity contribution is -0.120. The average Bonchev–Trinajstić information content (AvgIpc) is 2.45. The van der Waals surface area contributed by atoms with Gasteiger partial charge in [-0.3, -0.25) is 10.1 Å². The summed E-state index contributed by atoms with van der Waals surface area (Å²) in [4.78, 5) is 22.1. The maximum absolute atomic E-state index is 12.7. The van der Waals surface area contributed by atoms with Crippen LogP contribution >= 0.6 is 11.6 Å². The number of urea groups is 1. The van der Waals surface area contributed by atoms with E-state index in [0.29, 0.717) is 5.56 Å². The fraction of sp³-hybridized carbons (Fsp3) is 0.111. The van der Waals surface area contributed by atoms with Gasteiger partial charge in [-0.15, -0.1) is 0 Å². The van der Waals surface area contributed by atoms with Gasteiger partial charge in [-0.1, -0.05) is 17.7 Å². The predicted octanol–water partition coefficient (Wildman–Crippen LogP) is 1.36. The Bertz CT molecular complexity index is 450. The molecule has 0 saturated carbocycles. The van der Waals surface area contributed by atoms with Crippen molar-refractivity contribution in [2.45, 2.75) is 6.04 Å². The summed E-state index contributed by atoms with van der Waals surface area (Å²) in [6.07, 6.45) is 0. The largest absolute Gasteiger partial charge is 0.322 e. The summed E-state index contributed by atoms with van der Waals surface area (Å²) in [5, 5.41) is 4.55. The lowest BCUT2D eigenvalue weighted by atomic mass is 10.1. The molecule has 0 aliphatic carbocycles. The molecule has 4 nitrogen and oxygen atoms in total. The molecule has 1 atom stereocenters. The smallest absolute Gasteiger partial charge is 0.322 e. The van der Waals surface area contributed by atoms with E-state index in [2.05, 4.69) is 10.6 Å². The summed E-state index contributed by atoms with van der Waals surface area (Å²) in [5.41, 5.74) is 0.376. The van der Waals surface area contributed by atoms with Crippen LogP contribution in [0.3, 0.4) is 0 Å². The van der Waals surface area contributed by atoms with Crippen molar-refractivity contribution in [3.63, 3.8) is 0 Å². The summed E-state index contributed by atoms with van der Waals surface area (Å²) < 4.78 is 12.7. The summed E-state index contributed by atoms with van der Waals surface area (Å²) in [5.74, 6) is -0.984. The van der Waals surface area contributed by atoms with Crippen LogP contribution in [0.2, 0.25) is 5.02 Å². The third-order valence-electron chi connectivity index (χ3n) is 2.05.